The van der Waals surface area contributed by atoms with E-state index in [1.165, 1.54) is 53.7 Å². The van der Waals surface area contributed by atoms with Crippen LogP contribution >= 0.6 is 11.3 Å². The van der Waals surface area contributed by atoms with Gasteiger partial charge in [-0.3, -0.25) is 0 Å². The highest BCUT2D eigenvalue weighted by Gasteiger charge is 2.46. The summed E-state index contributed by atoms with van der Waals surface area (Å²) >= 11 is 1.81. The molecule has 9 aromatic carbocycles. The van der Waals surface area contributed by atoms with E-state index in [1.807, 2.05) is 6.07 Å². The second-order valence-electron chi connectivity index (χ2n) is 15.9. The summed E-state index contributed by atoms with van der Waals surface area (Å²) in [5.74, 6) is 1.90. The molecule has 1 aliphatic carbocycles. The highest BCUT2D eigenvalue weighted by Crippen LogP contribution is 2.56. The van der Waals surface area contributed by atoms with Crippen LogP contribution < -0.4 is 0 Å². The molecule has 2 heterocycles. The minimum absolute atomic E-state index is 0.551. The second kappa shape index (κ2) is 14.7. The fraction of sp³-hybridized carbons (Fsp3) is 0.0172. The number of hydrogen-bond acceptors (Lipinski definition) is 4. The monoisotopic (exact) mass is 807 g/mol. The first-order valence-electron chi connectivity index (χ1n) is 21.0. The summed E-state index contributed by atoms with van der Waals surface area (Å²) in [5, 5.41) is 2.35. The molecule has 0 saturated carbocycles. The highest BCUT2D eigenvalue weighted by molar-refractivity contribution is 7.26. The van der Waals surface area contributed by atoms with Gasteiger partial charge in [-0.15, -0.1) is 11.3 Å². The molecular formula is C58H37N3S. The molecule has 11 aromatic rings. The van der Waals surface area contributed by atoms with Crippen LogP contribution in [0.4, 0.5) is 0 Å². The Bertz CT molecular complexity index is 3420. The molecule has 4 heteroatoms. The standard InChI is InChI=1S/C58H37N3S/c1-4-17-38(18-5-1)40-21-14-22-42(35-40)55-59-56(61-57(60-55)48-29-16-32-53-54(48)49-37-41(33-34-52(49)62-53)39-19-6-2-7-20-39)43-23-15-26-45(36-43)58(44-24-8-3-9-25-44)50-30-12-10-27-46(50)47-28-11-13-31-51(47)58/h1-37H. The van der Waals surface area contributed by atoms with Gasteiger partial charge in [0.15, 0.2) is 17.5 Å². The molecule has 2 aromatic heterocycles. The summed E-state index contributed by atoms with van der Waals surface area (Å²) in [7, 11) is 0. The van der Waals surface area contributed by atoms with Crippen molar-refractivity contribution in [1.29, 1.82) is 0 Å². The Kier molecular flexibility index (Phi) is 8.58. The maximum atomic E-state index is 5.43. The van der Waals surface area contributed by atoms with E-state index in [4.69, 9.17) is 15.0 Å². The van der Waals surface area contributed by atoms with Gasteiger partial charge < -0.3 is 0 Å². The van der Waals surface area contributed by atoms with Crippen LogP contribution in [0.1, 0.15) is 22.3 Å². The molecule has 290 valence electrons. The second-order valence-corrected chi connectivity index (χ2v) is 17.0. The summed E-state index contributed by atoms with van der Waals surface area (Å²) in [6, 6.07) is 80.5. The van der Waals surface area contributed by atoms with E-state index >= 15 is 0 Å². The predicted molar refractivity (Wildman–Crippen MR) is 257 cm³/mol. The van der Waals surface area contributed by atoms with Gasteiger partial charge >= 0.3 is 0 Å². The van der Waals surface area contributed by atoms with Crippen molar-refractivity contribution in [3.63, 3.8) is 0 Å². The molecule has 0 spiro atoms. The number of aromatic nitrogens is 3. The van der Waals surface area contributed by atoms with Gasteiger partial charge in [-0.25, -0.2) is 15.0 Å². The van der Waals surface area contributed by atoms with Crippen molar-refractivity contribution in [1.82, 2.24) is 15.0 Å². The Morgan fingerprint density at radius 2 is 0.790 bits per heavy atom. The molecule has 0 saturated heterocycles. The molecule has 0 atom stereocenters. The number of thiophene rings is 1. The average Bonchev–Trinajstić information content (AvgIpc) is 3.88. The summed E-state index contributed by atoms with van der Waals surface area (Å²) in [5.41, 5.74) is 14.3. The van der Waals surface area contributed by atoms with Crippen LogP contribution in [0.5, 0.6) is 0 Å². The highest BCUT2D eigenvalue weighted by atomic mass is 32.1. The lowest BCUT2D eigenvalue weighted by Gasteiger charge is -2.34. The Hall–Kier alpha value is -7.79. The molecule has 0 bridgehead atoms. The largest absolute Gasteiger partial charge is 0.208 e. The van der Waals surface area contributed by atoms with Gasteiger partial charge in [0.2, 0.25) is 0 Å². The van der Waals surface area contributed by atoms with Crippen LogP contribution in [0, 0.1) is 0 Å². The summed E-state index contributed by atoms with van der Waals surface area (Å²) < 4.78 is 2.43. The van der Waals surface area contributed by atoms with Crippen molar-refractivity contribution >= 4 is 31.5 Å². The molecule has 3 nitrogen and oxygen atoms in total. The van der Waals surface area contributed by atoms with Crippen molar-refractivity contribution in [2.45, 2.75) is 5.41 Å². The molecule has 0 N–H and O–H groups in total. The molecule has 0 aliphatic heterocycles. The number of fused-ring (bicyclic) bond motifs is 6. The van der Waals surface area contributed by atoms with Crippen molar-refractivity contribution in [3.05, 3.63) is 247 Å². The van der Waals surface area contributed by atoms with Gasteiger partial charge in [-0.2, -0.15) is 0 Å². The van der Waals surface area contributed by atoms with Crippen LogP contribution in [-0.2, 0) is 5.41 Å². The first kappa shape index (κ1) is 36.1. The Labute approximate surface area is 364 Å². The minimum Gasteiger partial charge on any atom is -0.208 e. The number of nitrogens with zero attached hydrogens (tertiary/aromatic N) is 3. The number of hydrogen-bond donors (Lipinski definition) is 0. The fourth-order valence-corrected chi connectivity index (χ4v) is 10.8. The third-order valence-electron chi connectivity index (χ3n) is 12.4. The third-order valence-corrected chi connectivity index (χ3v) is 13.6. The van der Waals surface area contributed by atoms with Crippen molar-refractivity contribution in [2.75, 3.05) is 0 Å². The first-order valence-corrected chi connectivity index (χ1v) is 21.8. The third kappa shape index (κ3) is 5.83. The summed E-state index contributed by atoms with van der Waals surface area (Å²) in [4.78, 5) is 16.1. The minimum atomic E-state index is -0.551. The van der Waals surface area contributed by atoms with Crippen LogP contribution in [0.25, 0.3) is 87.7 Å². The average molecular weight is 808 g/mol. The van der Waals surface area contributed by atoms with Crippen LogP contribution in [0.3, 0.4) is 0 Å². The number of rotatable bonds is 7. The Morgan fingerprint density at radius 1 is 0.306 bits per heavy atom. The van der Waals surface area contributed by atoms with Crippen molar-refractivity contribution in [2.24, 2.45) is 0 Å². The Balaban J connectivity index is 1.10. The molecule has 0 fully saturated rings. The maximum Gasteiger partial charge on any atom is 0.164 e. The van der Waals surface area contributed by atoms with Gasteiger partial charge in [-0.1, -0.05) is 194 Å². The van der Waals surface area contributed by atoms with Gasteiger partial charge in [0.25, 0.3) is 0 Å². The van der Waals surface area contributed by atoms with E-state index in [0.717, 1.165) is 38.8 Å². The van der Waals surface area contributed by atoms with Crippen molar-refractivity contribution in [3.8, 4) is 67.5 Å². The van der Waals surface area contributed by atoms with Crippen LogP contribution in [-0.4, -0.2) is 15.0 Å². The molecule has 0 radical (unpaired) electrons. The Morgan fingerprint density at radius 3 is 1.47 bits per heavy atom. The summed E-state index contributed by atoms with van der Waals surface area (Å²) in [6.45, 7) is 0. The zero-order valence-corrected chi connectivity index (χ0v) is 34.4. The fourth-order valence-electron chi connectivity index (χ4n) is 9.65. The van der Waals surface area contributed by atoms with E-state index in [9.17, 15) is 0 Å². The first-order chi connectivity index (χ1) is 30.7. The van der Waals surface area contributed by atoms with Gasteiger partial charge in [0.05, 0.1) is 5.41 Å². The molecule has 1 aliphatic rings. The normalized spacial score (nSPS) is 12.6. The summed E-state index contributed by atoms with van der Waals surface area (Å²) in [6.07, 6.45) is 0. The smallest absolute Gasteiger partial charge is 0.164 e. The van der Waals surface area contributed by atoms with Crippen LogP contribution in [0.2, 0.25) is 0 Å². The lowest BCUT2D eigenvalue weighted by atomic mass is 9.67. The molecule has 0 unspecified atom stereocenters. The predicted octanol–water partition coefficient (Wildman–Crippen LogP) is 14.9. The molecule has 0 amide bonds. The number of benzene rings is 9. The van der Waals surface area contributed by atoms with E-state index < -0.39 is 5.41 Å². The van der Waals surface area contributed by atoms with Gasteiger partial charge in [-0.05, 0) is 86.0 Å². The zero-order valence-electron chi connectivity index (χ0n) is 33.6. The zero-order chi connectivity index (χ0) is 41.0. The maximum absolute atomic E-state index is 5.43. The van der Waals surface area contributed by atoms with Crippen LogP contribution in [0.15, 0.2) is 224 Å². The van der Waals surface area contributed by atoms with E-state index in [1.54, 1.807) is 11.3 Å². The van der Waals surface area contributed by atoms with E-state index in [2.05, 4.69) is 218 Å². The van der Waals surface area contributed by atoms with E-state index in [0.29, 0.717) is 17.5 Å². The molecule has 12 rings (SSSR count). The quantitative estimate of drug-likeness (QED) is 0.161. The topological polar surface area (TPSA) is 38.7 Å². The SMILES string of the molecule is c1ccc(-c2cccc(-c3nc(-c4cccc(C5(c6ccccc6)c6ccccc6-c6ccccc65)c4)nc(-c4cccc5sc6ccc(-c7ccccc7)cc6c45)n3)c2)cc1. The van der Waals surface area contributed by atoms with Crippen molar-refractivity contribution < 1.29 is 0 Å². The molecular weight excluding hydrogens is 771 g/mol. The molecule has 62 heavy (non-hydrogen) atoms. The lowest BCUT2D eigenvalue weighted by Crippen LogP contribution is -2.28. The van der Waals surface area contributed by atoms with E-state index in [-0.39, 0.29) is 0 Å². The van der Waals surface area contributed by atoms with Gasteiger partial charge in [0.1, 0.15) is 0 Å². The van der Waals surface area contributed by atoms with Gasteiger partial charge in [0, 0.05) is 36.9 Å². The lowest BCUT2D eigenvalue weighted by molar-refractivity contribution is 0.768.